The Kier molecular flexibility index (Phi) is 5.35. The van der Waals surface area contributed by atoms with E-state index in [0.717, 1.165) is 0 Å². The molecular formula is C20H22FN5O4. The van der Waals surface area contributed by atoms with Crippen molar-refractivity contribution in [1.29, 1.82) is 0 Å². The number of halogens is 1. The number of amides is 1. The van der Waals surface area contributed by atoms with Crippen LogP contribution in [-0.2, 0) is 16.1 Å². The summed E-state index contributed by atoms with van der Waals surface area (Å²) in [7, 11) is 1.46. The van der Waals surface area contributed by atoms with Gasteiger partial charge in [-0.3, -0.25) is 14.2 Å². The molecule has 0 aliphatic carbocycles. The van der Waals surface area contributed by atoms with Gasteiger partial charge >= 0.3 is 0 Å². The predicted octanol–water partition coefficient (Wildman–Crippen LogP) is 0.721. The van der Waals surface area contributed by atoms with E-state index in [2.05, 4.69) is 10.1 Å². The molecule has 1 aliphatic heterocycles. The molecule has 10 heteroatoms. The fourth-order valence-corrected chi connectivity index (χ4v) is 3.69. The van der Waals surface area contributed by atoms with E-state index in [1.807, 2.05) is 0 Å². The number of piperidine rings is 1. The van der Waals surface area contributed by atoms with Gasteiger partial charge in [0.05, 0.1) is 24.0 Å². The maximum Gasteiger partial charge on any atom is 0.264 e. The van der Waals surface area contributed by atoms with E-state index in [4.69, 9.17) is 4.74 Å². The van der Waals surface area contributed by atoms with Crippen LogP contribution in [0.1, 0.15) is 12.8 Å². The van der Waals surface area contributed by atoms with Gasteiger partial charge in [0, 0.05) is 20.2 Å². The molecule has 9 nitrogen and oxygen atoms in total. The number of methoxy groups -OCH3 is 1. The highest BCUT2D eigenvalue weighted by Gasteiger charge is 2.34. The van der Waals surface area contributed by atoms with E-state index in [1.54, 1.807) is 17.0 Å². The number of aliphatic hydroxyl groups is 1. The third-order valence-electron chi connectivity index (χ3n) is 5.41. The number of hydrogen-bond acceptors (Lipinski definition) is 6. The van der Waals surface area contributed by atoms with Crippen molar-refractivity contribution >= 4 is 16.9 Å². The number of carbonyl (C=O) groups excluding carboxylic acids is 1. The van der Waals surface area contributed by atoms with Gasteiger partial charge in [-0.1, -0.05) is 0 Å². The summed E-state index contributed by atoms with van der Waals surface area (Å²) in [5.74, 6) is -0.484. The summed E-state index contributed by atoms with van der Waals surface area (Å²) in [4.78, 5) is 30.8. The van der Waals surface area contributed by atoms with Crippen LogP contribution in [0.25, 0.3) is 16.7 Å². The molecule has 1 aromatic carbocycles. The van der Waals surface area contributed by atoms with Crippen molar-refractivity contribution in [3.05, 3.63) is 53.0 Å². The minimum Gasteiger partial charge on any atom is -0.388 e. The molecule has 3 aromatic rings. The molecule has 1 saturated heterocycles. The largest absolute Gasteiger partial charge is 0.388 e. The maximum absolute atomic E-state index is 13.2. The van der Waals surface area contributed by atoms with E-state index < -0.39 is 5.60 Å². The molecule has 0 atom stereocenters. The van der Waals surface area contributed by atoms with Crippen molar-refractivity contribution in [2.24, 2.45) is 0 Å². The van der Waals surface area contributed by atoms with Gasteiger partial charge in [0.25, 0.3) is 5.56 Å². The summed E-state index contributed by atoms with van der Waals surface area (Å²) in [6, 6.07) is 5.72. The molecule has 0 spiro atoms. The van der Waals surface area contributed by atoms with Gasteiger partial charge in [0.15, 0.2) is 5.65 Å². The van der Waals surface area contributed by atoms with Crippen molar-refractivity contribution in [3.63, 3.8) is 0 Å². The Hall–Kier alpha value is -3.11. The first-order valence-corrected chi connectivity index (χ1v) is 9.58. The lowest BCUT2D eigenvalue weighted by molar-refractivity contribution is -0.139. The molecular weight excluding hydrogens is 393 g/mol. The van der Waals surface area contributed by atoms with Crippen LogP contribution in [-0.4, -0.2) is 67.7 Å². The van der Waals surface area contributed by atoms with Gasteiger partial charge < -0.3 is 14.7 Å². The number of carbonyl (C=O) groups is 1. The molecule has 158 valence electrons. The Labute approximate surface area is 171 Å². The van der Waals surface area contributed by atoms with Gasteiger partial charge in [-0.05, 0) is 37.1 Å². The smallest absolute Gasteiger partial charge is 0.264 e. The average Bonchev–Trinajstić information content (AvgIpc) is 3.16. The first kappa shape index (κ1) is 20.2. The maximum atomic E-state index is 13.2. The molecule has 0 saturated carbocycles. The minimum atomic E-state index is -1.12. The summed E-state index contributed by atoms with van der Waals surface area (Å²) in [6.07, 6.45) is 3.50. The average molecular weight is 415 g/mol. The zero-order valence-electron chi connectivity index (χ0n) is 16.5. The first-order valence-electron chi connectivity index (χ1n) is 9.58. The number of hydrogen-bond donors (Lipinski definition) is 1. The van der Waals surface area contributed by atoms with Gasteiger partial charge in [0.2, 0.25) is 5.91 Å². The number of benzene rings is 1. The number of ether oxygens (including phenoxy) is 1. The van der Waals surface area contributed by atoms with Gasteiger partial charge in [-0.15, -0.1) is 0 Å². The van der Waals surface area contributed by atoms with Crippen molar-refractivity contribution in [3.8, 4) is 5.69 Å². The number of nitrogens with zero attached hydrogens (tertiary/aromatic N) is 5. The molecule has 1 amide bonds. The topological polar surface area (TPSA) is 102 Å². The molecule has 0 radical (unpaired) electrons. The Bertz CT molecular complexity index is 1120. The van der Waals surface area contributed by atoms with Crippen molar-refractivity contribution in [2.75, 3.05) is 26.8 Å². The summed E-state index contributed by atoms with van der Waals surface area (Å²) in [5.41, 5.74) is -0.493. The SMILES string of the molecule is COCC(=O)N1CCC(O)(Cn2cnc3c(cnn3-c3ccc(F)cc3)c2=O)CC1. The quantitative estimate of drug-likeness (QED) is 0.659. The fraction of sp³-hybridized carbons (Fsp3) is 0.400. The highest BCUT2D eigenvalue weighted by molar-refractivity contribution is 5.77. The summed E-state index contributed by atoms with van der Waals surface area (Å²) in [6.45, 7) is 0.872. The normalized spacial score (nSPS) is 16.2. The van der Waals surface area contributed by atoms with E-state index in [-0.39, 0.29) is 30.4 Å². The lowest BCUT2D eigenvalue weighted by Crippen LogP contribution is -2.50. The molecule has 0 bridgehead atoms. The second-order valence-corrected chi connectivity index (χ2v) is 7.49. The van der Waals surface area contributed by atoms with Gasteiger partial charge in [-0.25, -0.2) is 14.1 Å². The Morgan fingerprint density at radius 3 is 2.63 bits per heavy atom. The number of aromatic nitrogens is 4. The zero-order chi connectivity index (χ0) is 21.3. The highest BCUT2D eigenvalue weighted by atomic mass is 19.1. The molecule has 0 unspecified atom stereocenters. The molecule has 3 heterocycles. The van der Waals surface area contributed by atoms with Crippen molar-refractivity contribution < 1.29 is 19.0 Å². The predicted molar refractivity (Wildman–Crippen MR) is 106 cm³/mol. The molecule has 1 fully saturated rings. The zero-order valence-corrected chi connectivity index (χ0v) is 16.5. The van der Waals surface area contributed by atoms with Crippen LogP contribution >= 0.6 is 0 Å². The lowest BCUT2D eigenvalue weighted by atomic mass is 9.91. The summed E-state index contributed by atoms with van der Waals surface area (Å²) >= 11 is 0. The minimum absolute atomic E-state index is 0.0104. The standard InChI is InChI=1S/C20H22FN5O4/c1-30-11-17(27)24-8-6-20(29,7-9-24)12-25-13-22-18-16(19(25)28)10-23-26(18)15-4-2-14(21)3-5-15/h2-5,10,13,29H,6-9,11-12H2,1H3. The number of likely N-dealkylation sites (tertiary alicyclic amines) is 1. The van der Waals surface area contributed by atoms with Crippen LogP contribution in [0.4, 0.5) is 4.39 Å². The van der Waals surface area contributed by atoms with Crippen molar-refractivity contribution in [2.45, 2.75) is 25.0 Å². The monoisotopic (exact) mass is 415 g/mol. The van der Waals surface area contributed by atoms with Gasteiger partial charge in [-0.2, -0.15) is 5.10 Å². The van der Waals surface area contributed by atoms with Crippen LogP contribution in [0, 0.1) is 5.82 Å². The van der Waals surface area contributed by atoms with Crippen LogP contribution in [0.3, 0.4) is 0 Å². The second kappa shape index (κ2) is 7.96. The van der Waals surface area contributed by atoms with Crippen molar-refractivity contribution in [1.82, 2.24) is 24.2 Å². The van der Waals surface area contributed by atoms with Crippen LogP contribution in [0.15, 0.2) is 41.6 Å². The number of rotatable bonds is 5. The van der Waals surface area contributed by atoms with E-state index in [1.165, 1.54) is 41.0 Å². The van der Waals surface area contributed by atoms with Gasteiger partial charge in [0.1, 0.15) is 24.1 Å². The van der Waals surface area contributed by atoms with Crippen LogP contribution < -0.4 is 5.56 Å². The number of fused-ring (bicyclic) bond motifs is 1. The van der Waals surface area contributed by atoms with E-state index >= 15 is 0 Å². The molecule has 4 rings (SSSR count). The highest BCUT2D eigenvalue weighted by Crippen LogP contribution is 2.24. The fourth-order valence-electron chi connectivity index (χ4n) is 3.69. The Balaban J connectivity index is 1.54. The third kappa shape index (κ3) is 3.83. The third-order valence-corrected chi connectivity index (χ3v) is 5.41. The van der Waals surface area contributed by atoms with Crippen LogP contribution in [0.2, 0.25) is 0 Å². The Morgan fingerprint density at radius 2 is 1.97 bits per heavy atom. The summed E-state index contributed by atoms with van der Waals surface area (Å²) < 4.78 is 20.9. The molecule has 2 aromatic heterocycles. The molecule has 30 heavy (non-hydrogen) atoms. The molecule has 1 aliphatic rings. The summed E-state index contributed by atoms with van der Waals surface area (Å²) in [5, 5.41) is 15.5. The first-order chi connectivity index (χ1) is 14.4. The van der Waals surface area contributed by atoms with E-state index in [9.17, 15) is 19.1 Å². The Morgan fingerprint density at radius 1 is 1.27 bits per heavy atom. The second-order valence-electron chi connectivity index (χ2n) is 7.49. The van der Waals surface area contributed by atoms with E-state index in [0.29, 0.717) is 42.7 Å². The van der Waals surface area contributed by atoms with Crippen LogP contribution in [0.5, 0.6) is 0 Å². The lowest BCUT2D eigenvalue weighted by Gasteiger charge is -2.38. The molecule has 1 N–H and O–H groups in total.